The zero-order chi connectivity index (χ0) is 20.7. The highest BCUT2D eigenvalue weighted by atomic mass is 19.1. The van der Waals surface area contributed by atoms with Gasteiger partial charge in [-0.15, -0.1) is 0 Å². The second-order valence-electron chi connectivity index (χ2n) is 7.41. The highest BCUT2D eigenvalue weighted by Crippen LogP contribution is 2.39. The molecule has 0 aliphatic heterocycles. The second-order valence-corrected chi connectivity index (χ2v) is 7.41. The summed E-state index contributed by atoms with van der Waals surface area (Å²) in [6.45, 7) is 2.80. The molecule has 0 heterocycles. The molecule has 2 aromatic rings. The molecule has 0 N–H and O–H groups in total. The Labute approximate surface area is 172 Å². The van der Waals surface area contributed by atoms with E-state index in [0.717, 1.165) is 24.0 Å². The van der Waals surface area contributed by atoms with Crippen molar-refractivity contribution < 1.29 is 13.9 Å². The van der Waals surface area contributed by atoms with E-state index in [-0.39, 0.29) is 29.8 Å². The van der Waals surface area contributed by atoms with Crippen molar-refractivity contribution in [1.82, 2.24) is 4.90 Å². The van der Waals surface area contributed by atoms with Gasteiger partial charge in [0.05, 0.1) is 13.5 Å². The largest absolute Gasteiger partial charge is 0.469 e. The first-order chi connectivity index (χ1) is 14.1. The molecule has 0 aromatic heterocycles. The Morgan fingerprint density at radius 3 is 2.59 bits per heavy atom. The van der Waals surface area contributed by atoms with E-state index >= 15 is 0 Å². The smallest absolute Gasteiger partial charge is 0.307 e. The summed E-state index contributed by atoms with van der Waals surface area (Å²) in [5.41, 5.74) is 1.66. The number of hydrogen-bond donors (Lipinski definition) is 0. The molecule has 4 heteroatoms. The van der Waals surface area contributed by atoms with Gasteiger partial charge in [-0.1, -0.05) is 73.7 Å². The number of carbonyl (C=O) groups excluding carboxylic acids is 1. The third-order valence-electron chi connectivity index (χ3n) is 5.70. The number of methoxy groups -OCH3 is 1. The van der Waals surface area contributed by atoms with Crippen molar-refractivity contribution in [2.75, 3.05) is 7.11 Å². The number of nitrogens with zero attached hydrogens (tertiary/aromatic N) is 1. The van der Waals surface area contributed by atoms with E-state index in [1.807, 2.05) is 30.3 Å². The minimum atomic E-state index is -0.311. The molecule has 1 aliphatic rings. The molecule has 1 aliphatic carbocycles. The molecule has 0 amide bonds. The van der Waals surface area contributed by atoms with Crippen molar-refractivity contribution in [3.05, 3.63) is 95.8 Å². The van der Waals surface area contributed by atoms with Crippen molar-refractivity contribution in [2.45, 2.75) is 44.3 Å². The standard InChI is InChI=1S/C25H28FNO2/c1-3-25(15-8-5-9-16-25)27(19-20-11-6-4-7-12-20)23(18-24(28)29-2)21-13-10-14-22(26)17-21/h4-15,17,23H,3,16,18-19H2,1-2H3/t23?,25-/m1/s1. The van der Waals surface area contributed by atoms with Gasteiger partial charge in [-0.25, -0.2) is 4.39 Å². The van der Waals surface area contributed by atoms with Gasteiger partial charge in [0.25, 0.3) is 0 Å². The molecule has 29 heavy (non-hydrogen) atoms. The van der Waals surface area contributed by atoms with Crippen LogP contribution in [-0.2, 0) is 16.1 Å². The summed E-state index contributed by atoms with van der Waals surface area (Å²) < 4.78 is 19.1. The van der Waals surface area contributed by atoms with E-state index in [1.165, 1.54) is 19.2 Å². The van der Waals surface area contributed by atoms with Crippen LogP contribution in [0.3, 0.4) is 0 Å². The van der Waals surface area contributed by atoms with Gasteiger partial charge in [0, 0.05) is 18.1 Å². The fourth-order valence-corrected chi connectivity index (χ4v) is 4.05. The first-order valence-corrected chi connectivity index (χ1v) is 10.1. The average Bonchev–Trinajstić information content (AvgIpc) is 2.77. The van der Waals surface area contributed by atoms with Crippen LogP contribution in [0, 0.1) is 5.82 Å². The summed E-state index contributed by atoms with van der Waals surface area (Å²) >= 11 is 0. The Hall–Kier alpha value is -2.72. The van der Waals surface area contributed by atoms with E-state index in [9.17, 15) is 9.18 Å². The third-order valence-corrected chi connectivity index (χ3v) is 5.70. The molecular formula is C25H28FNO2. The zero-order valence-electron chi connectivity index (χ0n) is 17.1. The topological polar surface area (TPSA) is 29.5 Å². The molecule has 2 atom stereocenters. The Morgan fingerprint density at radius 2 is 1.97 bits per heavy atom. The molecule has 1 unspecified atom stereocenters. The van der Waals surface area contributed by atoms with E-state index in [4.69, 9.17) is 4.74 Å². The SMILES string of the molecule is CC[C@@]1(N(Cc2ccccc2)C(CC(=O)OC)c2cccc(F)c2)C=CC=CC1. The maximum absolute atomic E-state index is 14.1. The summed E-state index contributed by atoms with van der Waals surface area (Å²) in [6, 6.07) is 16.4. The van der Waals surface area contributed by atoms with Gasteiger partial charge in [-0.2, -0.15) is 0 Å². The number of benzene rings is 2. The number of allylic oxidation sites excluding steroid dienone is 2. The minimum absolute atomic E-state index is 0.159. The molecular weight excluding hydrogens is 365 g/mol. The van der Waals surface area contributed by atoms with Crippen LogP contribution < -0.4 is 0 Å². The van der Waals surface area contributed by atoms with Crippen LogP contribution in [0.1, 0.15) is 43.4 Å². The number of hydrogen-bond acceptors (Lipinski definition) is 3. The Morgan fingerprint density at radius 1 is 1.17 bits per heavy atom. The monoisotopic (exact) mass is 393 g/mol. The highest BCUT2D eigenvalue weighted by Gasteiger charge is 2.38. The predicted octanol–water partition coefficient (Wildman–Crippen LogP) is 5.60. The van der Waals surface area contributed by atoms with E-state index in [1.54, 1.807) is 6.07 Å². The second kappa shape index (κ2) is 9.66. The molecule has 0 saturated carbocycles. The summed E-state index contributed by atoms with van der Waals surface area (Å²) in [4.78, 5) is 14.7. The van der Waals surface area contributed by atoms with Gasteiger partial charge >= 0.3 is 5.97 Å². The van der Waals surface area contributed by atoms with E-state index in [2.05, 4.69) is 42.2 Å². The number of ether oxygens (including phenoxy) is 1. The van der Waals surface area contributed by atoms with Crippen molar-refractivity contribution in [2.24, 2.45) is 0 Å². The van der Waals surface area contributed by atoms with Crippen LogP contribution in [0.5, 0.6) is 0 Å². The molecule has 2 aromatic carbocycles. The molecule has 0 radical (unpaired) electrons. The molecule has 0 saturated heterocycles. The van der Waals surface area contributed by atoms with E-state index in [0.29, 0.717) is 6.54 Å². The number of rotatable bonds is 8. The maximum atomic E-state index is 14.1. The van der Waals surface area contributed by atoms with Crippen LogP contribution in [-0.4, -0.2) is 23.5 Å². The summed E-state index contributed by atoms with van der Waals surface area (Å²) in [6.07, 6.45) is 10.3. The van der Waals surface area contributed by atoms with Crippen LogP contribution in [0.4, 0.5) is 4.39 Å². The molecule has 152 valence electrons. The quantitative estimate of drug-likeness (QED) is 0.547. The fourth-order valence-electron chi connectivity index (χ4n) is 4.05. The van der Waals surface area contributed by atoms with Gasteiger partial charge in [-0.3, -0.25) is 9.69 Å². The van der Waals surface area contributed by atoms with Crippen molar-refractivity contribution >= 4 is 5.97 Å². The fraction of sp³-hybridized carbons (Fsp3) is 0.320. The average molecular weight is 394 g/mol. The Balaban J connectivity index is 2.09. The lowest BCUT2D eigenvalue weighted by Gasteiger charge is -2.47. The molecule has 0 bridgehead atoms. The lowest BCUT2D eigenvalue weighted by atomic mass is 9.83. The van der Waals surface area contributed by atoms with Crippen LogP contribution in [0.25, 0.3) is 0 Å². The van der Waals surface area contributed by atoms with Crippen molar-refractivity contribution in [3.63, 3.8) is 0 Å². The Bertz CT molecular complexity index is 877. The maximum Gasteiger partial charge on any atom is 0.307 e. The summed E-state index contributed by atoms with van der Waals surface area (Å²) in [5.74, 6) is -0.611. The lowest BCUT2D eigenvalue weighted by molar-refractivity contribution is -0.142. The summed E-state index contributed by atoms with van der Waals surface area (Å²) in [5, 5.41) is 0. The van der Waals surface area contributed by atoms with Crippen molar-refractivity contribution in [3.8, 4) is 0 Å². The van der Waals surface area contributed by atoms with Gasteiger partial charge in [-0.05, 0) is 36.1 Å². The molecule has 3 rings (SSSR count). The number of halogens is 1. The molecule has 0 spiro atoms. The summed E-state index contributed by atoms with van der Waals surface area (Å²) in [7, 11) is 1.39. The first-order valence-electron chi connectivity index (χ1n) is 10.1. The molecule has 0 fully saturated rings. The van der Waals surface area contributed by atoms with Crippen LogP contribution in [0.15, 0.2) is 78.9 Å². The molecule has 3 nitrogen and oxygen atoms in total. The Kier molecular flexibility index (Phi) is 6.99. The van der Waals surface area contributed by atoms with Gasteiger partial charge in [0.15, 0.2) is 0 Å². The normalized spacial score (nSPS) is 19.3. The van der Waals surface area contributed by atoms with Crippen LogP contribution in [0.2, 0.25) is 0 Å². The third kappa shape index (κ3) is 5.01. The minimum Gasteiger partial charge on any atom is -0.469 e. The first kappa shape index (κ1) is 21.0. The van der Waals surface area contributed by atoms with Gasteiger partial charge < -0.3 is 4.74 Å². The number of esters is 1. The van der Waals surface area contributed by atoms with Crippen molar-refractivity contribution in [1.29, 1.82) is 0 Å². The lowest BCUT2D eigenvalue weighted by Crippen LogP contribution is -2.49. The van der Waals surface area contributed by atoms with Crippen LogP contribution >= 0.6 is 0 Å². The zero-order valence-corrected chi connectivity index (χ0v) is 17.1. The van der Waals surface area contributed by atoms with Gasteiger partial charge in [0.1, 0.15) is 5.82 Å². The van der Waals surface area contributed by atoms with E-state index < -0.39 is 0 Å². The van der Waals surface area contributed by atoms with Gasteiger partial charge in [0.2, 0.25) is 0 Å². The highest BCUT2D eigenvalue weighted by molar-refractivity contribution is 5.70. The number of carbonyl (C=O) groups is 1. The predicted molar refractivity (Wildman–Crippen MR) is 114 cm³/mol.